The molecule has 1 unspecified atom stereocenters. The van der Waals surface area contributed by atoms with Crippen molar-refractivity contribution >= 4 is 38.3 Å². The van der Waals surface area contributed by atoms with Gasteiger partial charge in [0.1, 0.15) is 0 Å². The SMILES string of the molecule is CCCCCCCCCCCCCCC[CH]([Na])CCCCCCCC.O=S(=O)(O)O. The maximum atomic E-state index is 8.74. The smallest absolute Gasteiger partial charge is 0.264 e. The Labute approximate surface area is 206 Å². The Kier molecular flexibility index (Phi) is 28.8. The molecular weight excluding hydrogens is 407 g/mol. The molecule has 2 N–H and O–H groups in total. The van der Waals surface area contributed by atoms with Crippen molar-refractivity contribution in [1.29, 1.82) is 0 Å². The summed E-state index contributed by atoms with van der Waals surface area (Å²) in [6, 6.07) is 0. The summed E-state index contributed by atoms with van der Waals surface area (Å²) in [7, 11) is -4.67. The third kappa shape index (κ3) is 39.4. The van der Waals surface area contributed by atoms with Crippen molar-refractivity contribution in [2.45, 2.75) is 152 Å². The van der Waals surface area contributed by atoms with E-state index in [4.69, 9.17) is 17.5 Å². The van der Waals surface area contributed by atoms with E-state index in [-0.39, 0.29) is 0 Å². The van der Waals surface area contributed by atoms with Crippen molar-refractivity contribution in [2.75, 3.05) is 0 Å². The van der Waals surface area contributed by atoms with Crippen molar-refractivity contribution in [2.24, 2.45) is 0 Å². The van der Waals surface area contributed by atoms with Crippen molar-refractivity contribution in [1.82, 2.24) is 0 Å². The van der Waals surface area contributed by atoms with Gasteiger partial charge in [-0.15, -0.1) is 0 Å². The summed E-state index contributed by atoms with van der Waals surface area (Å²) in [5.74, 6) is 0. The normalized spacial score (nSPS) is 12.5. The van der Waals surface area contributed by atoms with Gasteiger partial charge in [-0.1, -0.05) is 26.2 Å². The third-order valence-electron chi connectivity index (χ3n) is 5.85. The summed E-state index contributed by atoms with van der Waals surface area (Å²) in [5, 5.41) is 0. The van der Waals surface area contributed by atoms with Gasteiger partial charge < -0.3 is 0 Å². The van der Waals surface area contributed by atoms with Crippen LogP contribution in [0, 0.1) is 0 Å². The van der Waals surface area contributed by atoms with Crippen LogP contribution in [0.15, 0.2) is 0 Å². The molecule has 0 aliphatic carbocycles. The van der Waals surface area contributed by atoms with E-state index < -0.39 is 10.4 Å². The minimum absolute atomic E-state index is 1.11. The minimum Gasteiger partial charge on any atom is -0.264 e. The second kappa shape index (κ2) is 26.1. The molecule has 0 spiro atoms. The van der Waals surface area contributed by atoms with Crippen LogP contribution in [-0.4, -0.2) is 45.5 Å². The van der Waals surface area contributed by atoms with E-state index >= 15 is 0 Å². The molecular formula is C24H51NaO4S. The Balaban J connectivity index is 0. The van der Waals surface area contributed by atoms with Gasteiger partial charge >= 0.3 is 164 Å². The van der Waals surface area contributed by atoms with E-state index in [2.05, 4.69) is 13.8 Å². The fraction of sp³-hybridized carbons (Fsp3) is 1.00. The van der Waals surface area contributed by atoms with Crippen LogP contribution in [0.1, 0.15) is 149 Å². The Bertz CT molecular complexity index is 407. The summed E-state index contributed by atoms with van der Waals surface area (Å²) in [6.07, 6.45) is 31.1. The number of rotatable bonds is 21. The van der Waals surface area contributed by atoms with Gasteiger partial charge in [0.2, 0.25) is 0 Å². The molecule has 0 fully saturated rings. The van der Waals surface area contributed by atoms with Crippen LogP contribution in [-0.2, 0) is 10.4 Å². The van der Waals surface area contributed by atoms with Crippen LogP contribution in [0.3, 0.4) is 0 Å². The second-order valence-corrected chi connectivity index (χ2v) is 11.7. The first-order valence-electron chi connectivity index (χ1n) is 13.0. The minimum atomic E-state index is -4.67. The van der Waals surface area contributed by atoms with Gasteiger partial charge in [-0.2, -0.15) is 8.42 Å². The molecule has 0 aromatic carbocycles. The summed E-state index contributed by atoms with van der Waals surface area (Å²) in [4.78, 5) is 0. The van der Waals surface area contributed by atoms with Crippen LogP contribution in [0.2, 0.25) is 3.17 Å². The molecule has 0 aliphatic heterocycles. The van der Waals surface area contributed by atoms with Crippen LogP contribution in [0.4, 0.5) is 0 Å². The third-order valence-corrected chi connectivity index (χ3v) is 7.01. The van der Waals surface area contributed by atoms with Gasteiger partial charge in [0.25, 0.3) is 0 Å². The Morgan fingerprint density at radius 1 is 0.533 bits per heavy atom. The van der Waals surface area contributed by atoms with Crippen LogP contribution in [0.25, 0.3) is 0 Å². The predicted molar refractivity (Wildman–Crippen MR) is 132 cm³/mol. The molecule has 178 valence electrons. The molecule has 1 atom stereocenters. The summed E-state index contributed by atoms with van der Waals surface area (Å²) in [5.41, 5.74) is 0. The molecule has 0 radical (unpaired) electrons. The molecule has 0 amide bonds. The molecule has 4 nitrogen and oxygen atoms in total. The Morgan fingerprint density at radius 2 is 0.733 bits per heavy atom. The first kappa shape index (κ1) is 33.0. The zero-order valence-corrected chi connectivity index (χ0v) is 23.4. The van der Waals surface area contributed by atoms with Crippen molar-refractivity contribution in [3.63, 3.8) is 0 Å². The summed E-state index contributed by atoms with van der Waals surface area (Å²) >= 11 is 1.43. The number of unbranched alkanes of at least 4 members (excludes halogenated alkanes) is 17. The maximum absolute atomic E-state index is 8.74. The van der Waals surface area contributed by atoms with Crippen molar-refractivity contribution in [3.05, 3.63) is 0 Å². The average molecular weight is 459 g/mol. The summed E-state index contributed by atoms with van der Waals surface area (Å²) < 4.78 is 32.7. The van der Waals surface area contributed by atoms with E-state index in [1.54, 1.807) is 6.42 Å². The molecule has 0 saturated carbocycles. The first-order valence-corrected chi connectivity index (χ1v) is 15.6. The Morgan fingerprint density at radius 3 is 0.967 bits per heavy atom. The molecule has 0 rings (SSSR count). The molecule has 6 heteroatoms. The van der Waals surface area contributed by atoms with E-state index in [0.29, 0.717) is 0 Å². The first-order chi connectivity index (χ1) is 14.3. The van der Waals surface area contributed by atoms with Crippen LogP contribution < -0.4 is 0 Å². The molecule has 0 aromatic heterocycles. The van der Waals surface area contributed by atoms with Gasteiger partial charge in [0, 0.05) is 0 Å². The van der Waals surface area contributed by atoms with Gasteiger partial charge in [-0.25, -0.2) is 0 Å². The van der Waals surface area contributed by atoms with E-state index in [9.17, 15) is 0 Å². The van der Waals surface area contributed by atoms with Crippen molar-refractivity contribution in [3.8, 4) is 0 Å². The second-order valence-electron chi connectivity index (χ2n) is 9.14. The molecule has 0 heterocycles. The van der Waals surface area contributed by atoms with Gasteiger partial charge in [-0.3, -0.25) is 9.11 Å². The van der Waals surface area contributed by atoms with Crippen molar-refractivity contribution < 1.29 is 17.5 Å². The van der Waals surface area contributed by atoms with E-state index in [1.807, 2.05) is 0 Å². The summed E-state index contributed by atoms with van der Waals surface area (Å²) in [6.45, 7) is 4.61. The van der Waals surface area contributed by atoms with Crippen LogP contribution >= 0.6 is 0 Å². The van der Waals surface area contributed by atoms with E-state index in [1.165, 1.54) is 156 Å². The van der Waals surface area contributed by atoms with Gasteiger partial charge in [0.15, 0.2) is 0 Å². The standard InChI is InChI=1S/C24H49.Na.H2O4S/c1-3-5-7-9-11-13-15-17-19-21-23-24-22-20-18-16-14-12-10-8-6-4-2;;1-5(2,3)4/h17H,3-16,18-24H2,1-2H3;;(H2,1,2,3,4). The van der Waals surface area contributed by atoms with Crippen LogP contribution in [0.5, 0.6) is 0 Å². The predicted octanol–water partition coefficient (Wildman–Crippen LogP) is 8.52. The number of hydrogen-bond donors (Lipinski definition) is 2. The van der Waals surface area contributed by atoms with E-state index in [0.717, 1.165) is 3.17 Å². The van der Waals surface area contributed by atoms with Gasteiger partial charge in [0.05, 0.1) is 0 Å². The monoisotopic (exact) mass is 458 g/mol. The zero-order chi connectivity index (χ0) is 22.9. The molecule has 30 heavy (non-hydrogen) atoms. The van der Waals surface area contributed by atoms with Gasteiger partial charge in [-0.05, 0) is 0 Å². The molecule has 0 saturated heterocycles. The maximum Gasteiger partial charge on any atom is 0.394 e. The number of hydrogen-bond acceptors (Lipinski definition) is 2. The zero-order valence-electron chi connectivity index (χ0n) is 20.5. The topological polar surface area (TPSA) is 74.6 Å². The molecule has 0 bridgehead atoms. The largest absolute Gasteiger partial charge is 0.394 e. The Hall–Kier alpha value is 0.870. The molecule has 0 aliphatic rings. The molecule has 0 aromatic rings. The fourth-order valence-corrected chi connectivity index (χ4v) is 4.74. The average Bonchev–Trinajstić information content (AvgIpc) is 2.67. The quantitative estimate of drug-likeness (QED) is 0.103. The fourth-order valence-electron chi connectivity index (χ4n) is 3.93.